The molecule has 0 saturated heterocycles. The van der Waals surface area contributed by atoms with Crippen molar-refractivity contribution in [2.45, 2.75) is 83.5 Å². The van der Waals surface area contributed by atoms with Crippen LogP contribution in [0.15, 0.2) is 23.3 Å². The summed E-state index contributed by atoms with van der Waals surface area (Å²) in [7, 11) is 0. The van der Waals surface area contributed by atoms with Gasteiger partial charge in [0.15, 0.2) is 0 Å². The van der Waals surface area contributed by atoms with Gasteiger partial charge < -0.3 is 15.3 Å². The van der Waals surface area contributed by atoms with E-state index in [9.17, 15) is 15.3 Å². The van der Waals surface area contributed by atoms with E-state index in [4.69, 9.17) is 0 Å². The van der Waals surface area contributed by atoms with Gasteiger partial charge in [-0.25, -0.2) is 0 Å². The molecule has 24 heavy (non-hydrogen) atoms. The molecule has 0 heterocycles. The number of rotatable bonds is 1. The predicted octanol–water partition coefficient (Wildman–Crippen LogP) is 3.34. The van der Waals surface area contributed by atoms with Crippen LogP contribution in [-0.4, -0.2) is 33.1 Å². The molecule has 0 aliphatic heterocycles. The van der Waals surface area contributed by atoms with Crippen molar-refractivity contribution < 1.29 is 15.3 Å². The molecule has 3 N–H and O–H groups in total. The van der Waals surface area contributed by atoms with Gasteiger partial charge in [0.2, 0.25) is 0 Å². The van der Waals surface area contributed by atoms with Crippen LogP contribution in [0, 0.1) is 22.7 Å². The van der Waals surface area contributed by atoms with Gasteiger partial charge in [-0.1, -0.05) is 37.1 Å². The third-order valence-corrected chi connectivity index (χ3v) is 8.45. The first-order valence-electron chi connectivity index (χ1n) is 9.72. The Balaban J connectivity index is 1.74. The molecule has 7 atom stereocenters. The first kappa shape index (κ1) is 16.8. The fourth-order valence-corrected chi connectivity index (χ4v) is 6.72. The Morgan fingerprint density at radius 1 is 1.04 bits per heavy atom. The van der Waals surface area contributed by atoms with E-state index >= 15 is 0 Å². The van der Waals surface area contributed by atoms with Crippen molar-refractivity contribution in [1.29, 1.82) is 0 Å². The number of aliphatic hydroxyl groups excluding tert-OH is 2. The zero-order valence-corrected chi connectivity index (χ0v) is 15.3. The van der Waals surface area contributed by atoms with E-state index in [-0.39, 0.29) is 16.9 Å². The molecule has 4 aliphatic carbocycles. The summed E-state index contributed by atoms with van der Waals surface area (Å²) in [5, 5.41) is 31.5. The van der Waals surface area contributed by atoms with Crippen molar-refractivity contribution in [1.82, 2.24) is 0 Å². The molecule has 4 rings (SSSR count). The van der Waals surface area contributed by atoms with Crippen LogP contribution in [0.2, 0.25) is 0 Å². The van der Waals surface area contributed by atoms with Gasteiger partial charge in [-0.3, -0.25) is 0 Å². The second-order valence-electron chi connectivity index (χ2n) is 9.37. The van der Waals surface area contributed by atoms with Crippen LogP contribution >= 0.6 is 0 Å². The molecule has 0 radical (unpaired) electrons. The van der Waals surface area contributed by atoms with Gasteiger partial charge in [-0.15, -0.1) is 0 Å². The summed E-state index contributed by atoms with van der Waals surface area (Å²) in [4.78, 5) is 0. The summed E-state index contributed by atoms with van der Waals surface area (Å²) in [6.45, 7) is 6.33. The van der Waals surface area contributed by atoms with Crippen LogP contribution < -0.4 is 0 Å². The second kappa shape index (κ2) is 5.18. The average Bonchev–Trinajstić information content (AvgIpc) is 2.81. The minimum Gasteiger partial charge on any atom is -0.393 e. The molecule has 0 amide bonds. The molecule has 0 aromatic heterocycles. The van der Waals surface area contributed by atoms with E-state index in [0.717, 1.165) is 38.5 Å². The largest absolute Gasteiger partial charge is 0.393 e. The lowest BCUT2D eigenvalue weighted by molar-refractivity contribution is -0.148. The van der Waals surface area contributed by atoms with Crippen molar-refractivity contribution in [3.63, 3.8) is 0 Å². The smallest absolute Gasteiger partial charge is 0.0961 e. The number of aliphatic hydroxyl groups is 3. The zero-order chi connectivity index (χ0) is 17.3. The maximum Gasteiger partial charge on any atom is 0.0961 e. The molecule has 0 spiro atoms. The van der Waals surface area contributed by atoms with E-state index < -0.39 is 11.7 Å². The zero-order valence-electron chi connectivity index (χ0n) is 15.3. The fourth-order valence-electron chi connectivity index (χ4n) is 6.72. The number of hydrogen-bond donors (Lipinski definition) is 3. The van der Waals surface area contributed by atoms with Gasteiger partial charge in [0.05, 0.1) is 17.8 Å². The second-order valence-corrected chi connectivity index (χ2v) is 9.37. The first-order chi connectivity index (χ1) is 11.2. The highest BCUT2D eigenvalue weighted by Crippen LogP contribution is 2.66. The van der Waals surface area contributed by atoms with Crippen molar-refractivity contribution in [2.75, 3.05) is 0 Å². The molecular formula is C21H32O3. The van der Waals surface area contributed by atoms with Gasteiger partial charge in [-0.2, -0.15) is 0 Å². The average molecular weight is 332 g/mol. The van der Waals surface area contributed by atoms with Crippen molar-refractivity contribution >= 4 is 0 Å². The normalized spacial score (nSPS) is 51.8. The highest BCUT2D eigenvalue weighted by molar-refractivity contribution is 5.39. The van der Waals surface area contributed by atoms with E-state index in [1.807, 2.05) is 0 Å². The topological polar surface area (TPSA) is 60.7 Å². The molecule has 2 unspecified atom stereocenters. The Morgan fingerprint density at radius 2 is 1.75 bits per heavy atom. The lowest BCUT2D eigenvalue weighted by atomic mass is 9.49. The Hall–Kier alpha value is -0.640. The van der Waals surface area contributed by atoms with Crippen molar-refractivity contribution in [3.8, 4) is 0 Å². The van der Waals surface area contributed by atoms with Crippen LogP contribution in [0.5, 0.6) is 0 Å². The molecule has 134 valence electrons. The fraction of sp³-hybridized carbons (Fsp3) is 0.810. The quantitative estimate of drug-likeness (QED) is 0.690. The first-order valence-corrected chi connectivity index (χ1v) is 9.72. The lowest BCUT2D eigenvalue weighted by Crippen LogP contribution is -2.56. The molecule has 3 nitrogen and oxygen atoms in total. The number of allylic oxidation sites excluding steroid dienone is 3. The molecule has 0 aromatic carbocycles. The third kappa shape index (κ3) is 1.95. The molecule has 3 fully saturated rings. The van der Waals surface area contributed by atoms with Crippen molar-refractivity contribution in [3.05, 3.63) is 23.3 Å². The minimum absolute atomic E-state index is 0.177. The molecular weight excluding hydrogens is 300 g/mol. The van der Waals surface area contributed by atoms with Gasteiger partial charge in [0.1, 0.15) is 0 Å². The summed E-state index contributed by atoms with van der Waals surface area (Å²) in [6, 6.07) is 0. The number of hydrogen-bond acceptors (Lipinski definition) is 3. The highest BCUT2D eigenvalue weighted by Gasteiger charge is 2.63. The Kier molecular flexibility index (Phi) is 3.63. The Morgan fingerprint density at radius 3 is 2.46 bits per heavy atom. The lowest BCUT2D eigenvalue weighted by Gasteiger charge is -2.56. The van der Waals surface area contributed by atoms with Crippen LogP contribution in [0.25, 0.3) is 0 Å². The van der Waals surface area contributed by atoms with Crippen LogP contribution in [0.1, 0.15) is 65.7 Å². The number of fused-ring (bicyclic) bond motifs is 5. The Bertz CT molecular complexity index is 606. The summed E-state index contributed by atoms with van der Waals surface area (Å²) in [6.07, 6.45) is 10.2. The molecule has 3 saturated carbocycles. The van der Waals surface area contributed by atoms with E-state index in [1.165, 1.54) is 11.1 Å². The predicted molar refractivity (Wildman–Crippen MR) is 94.3 cm³/mol. The summed E-state index contributed by atoms with van der Waals surface area (Å²) < 4.78 is 0. The summed E-state index contributed by atoms with van der Waals surface area (Å²) in [5.74, 6) is 0.914. The standard InChI is InChI=1S/C21H32O3/c1-13(22)21(24)11-8-18-16-5-4-14-12-15(23)6-9-19(14,2)17(16)7-10-20(18,21)3/h4-5,13,15,17-18,22-24H,6-12H2,1-3H3/t13?,15-,17?,18-,19-,20-,21-/m0/s1. The van der Waals surface area contributed by atoms with Gasteiger partial charge in [-0.05, 0) is 69.1 Å². The van der Waals surface area contributed by atoms with Crippen LogP contribution in [0.4, 0.5) is 0 Å². The molecule has 0 aromatic rings. The minimum atomic E-state index is -0.961. The highest BCUT2D eigenvalue weighted by atomic mass is 16.3. The maximum absolute atomic E-state index is 11.2. The van der Waals surface area contributed by atoms with E-state index in [1.54, 1.807) is 6.92 Å². The molecule has 0 bridgehead atoms. The SMILES string of the molecule is CC(O)[C@@]1(O)CC[C@H]2C3=CC=C4C[C@@H](O)CC[C@]4(C)C3CC[C@@]21C. The monoisotopic (exact) mass is 332 g/mol. The summed E-state index contributed by atoms with van der Waals surface area (Å²) >= 11 is 0. The van der Waals surface area contributed by atoms with E-state index in [2.05, 4.69) is 26.0 Å². The van der Waals surface area contributed by atoms with E-state index in [0.29, 0.717) is 18.3 Å². The van der Waals surface area contributed by atoms with Crippen LogP contribution in [0.3, 0.4) is 0 Å². The van der Waals surface area contributed by atoms with Crippen LogP contribution in [-0.2, 0) is 0 Å². The van der Waals surface area contributed by atoms with Gasteiger partial charge in [0, 0.05) is 5.41 Å². The maximum atomic E-state index is 11.2. The van der Waals surface area contributed by atoms with Gasteiger partial charge in [0.25, 0.3) is 0 Å². The summed E-state index contributed by atoms with van der Waals surface area (Å²) in [5.41, 5.74) is 1.91. The third-order valence-electron chi connectivity index (χ3n) is 8.45. The van der Waals surface area contributed by atoms with Gasteiger partial charge >= 0.3 is 0 Å². The molecule has 3 heteroatoms. The molecule has 4 aliphatic rings. The Labute approximate surface area is 145 Å². The van der Waals surface area contributed by atoms with Crippen molar-refractivity contribution in [2.24, 2.45) is 22.7 Å².